The molecular formula is C13H16N4. The van der Waals surface area contributed by atoms with Crippen LogP contribution in [-0.2, 0) is 0 Å². The molecule has 2 heterocycles. The minimum atomic E-state index is 0.471. The van der Waals surface area contributed by atoms with Gasteiger partial charge in [-0.3, -0.25) is 4.98 Å². The fourth-order valence-corrected chi connectivity index (χ4v) is 2.21. The zero-order valence-electron chi connectivity index (χ0n) is 9.69. The summed E-state index contributed by atoms with van der Waals surface area (Å²) in [6.45, 7) is 2.14. The van der Waals surface area contributed by atoms with Gasteiger partial charge >= 0.3 is 0 Å². The van der Waals surface area contributed by atoms with Crippen LogP contribution in [0.4, 0.5) is 5.82 Å². The van der Waals surface area contributed by atoms with Crippen LogP contribution in [-0.4, -0.2) is 29.1 Å². The Morgan fingerprint density at radius 3 is 2.94 bits per heavy atom. The van der Waals surface area contributed by atoms with Gasteiger partial charge in [0.1, 0.15) is 5.82 Å². The van der Waals surface area contributed by atoms with Crippen LogP contribution in [0.2, 0.25) is 0 Å². The molecule has 0 unspecified atom stereocenters. The van der Waals surface area contributed by atoms with Crippen LogP contribution in [0, 0.1) is 0 Å². The summed E-state index contributed by atoms with van der Waals surface area (Å²) in [7, 11) is 0. The number of benzene rings is 1. The van der Waals surface area contributed by atoms with E-state index >= 15 is 0 Å². The molecule has 4 nitrogen and oxygen atoms in total. The molecule has 1 aliphatic rings. The van der Waals surface area contributed by atoms with Gasteiger partial charge in [-0.1, -0.05) is 12.1 Å². The number of rotatable bonds is 2. The van der Waals surface area contributed by atoms with Crippen molar-refractivity contribution in [3.63, 3.8) is 0 Å². The molecule has 1 saturated heterocycles. The molecule has 0 aliphatic carbocycles. The largest absolute Gasteiger partial charge is 0.365 e. The summed E-state index contributed by atoms with van der Waals surface area (Å²) in [5.41, 5.74) is 1.89. The number of hydrogen-bond donors (Lipinski definition) is 2. The number of aromatic nitrogens is 2. The molecule has 2 N–H and O–H groups in total. The number of nitrogens with zero attached hydrogens (tertiary/aromatic N) is 2. The Morgan fingerprint density at radius 2 is 2.12 bits per heavy atom. The highest BCUT2D eigenvalue weighted by molar-refractivity contribution is 5.75. The smallest absolute Gasteiger partial charge is 0.145 e. The van der Waals surface area contributed by atoms with Crippen LogP contribution in [0.15, 0.2) is 30.5 Å². The van der Waals surface area contributed by atoms with Crippen LogP contribution >= 0.6 is 0 Å². The summed E-state index contributed by atoms with van der Waals surface area (Å²) in [6.07, 6.45) is 4.23. The third-order valence-corrected chi connectivity index (χ3v) is 3.10. The van der Waals surface area contributed by atoms with Crippen LogP contribution in [0.5, 0.6) is 0 Å². The average Bonchev–Trinajstić information content (AvgIpc) is 2.40. The molecule has 0 radical (unpaired) electrons. The molecule has 0 bridgehead atoms. The molecule has 3 rings (SSSR count). The van der Waals surface area contributed by atoms with E-state index in [1.54, 1.807) is 0 Å². The van der Waals surface area contributed by atoms with Gasteiger partial charge in [-0.2, -0.15) is 0 Å². The van der Waals surface area contributed by atoms with Gasteiger partial charge in [0.2, 0.25) is 0 Å². The fraction of sp³-hybridized carbons (Fsp3) is 0.385. The van der Waals surface area contributed by atoms with Crippen molar-refractivity contribution >= 4 is 16.9 Å². The highest BCUT2D eigenvalue weighted by Crippen LogP contribution is 2.13. The van der Waals surface area contributed by atoms with Gasteiger partial charge in [-0.15, -0.1) is 0 Å². The molecule has 2 aromatic rings. The molecule has 1 aliphatic heterocycles. The van der Waals surface area contributed by atoms with Crippen LogP contribution in [0.1, 0.15) is 12.8 Å². The van der Waals surface area contributed by atoms with Gasteiger partial charge in [-0.25, -0.2) is 4.98 Å². The normalized spacial score (nSPS) is 20.4. The third-order valence-electron chi connectivity index (χ3n) is 3.10. The average molecular weight is 228 g/mol. The Morgan fingerprint density at radius 1 is 1.24 bits per heavy atom. The second kappa shape index (κ2) is 4.67. The minimum Gasteiger partial charge on any atom is -0.365 e. The van der Waals surface area contributed by atoms with Crippen molar-refractivity contribution in [2.75, 3.05) is 18.4 Å². The Labute approximate surface area is 100 Å². The van der Waals surface area contributed by atoms with E-state index in [1.165, 1.54) is 12.8 Å². The van der Waals surface area contributed by atoms with Gasteiger partial charge in [0.05, 0.1) is 17.2 Å². The molecule has 88 valence electrons. The van der Waals surface area contributed by atoms with Crippen LogP contribution in [0.3, 0.4) is 0 Å². The lowest BCUT2D eigenvalue weighted by Crippen LogP contribution is -2.38. The topological polar surface area (TPSA) is 49.8 Å². The lowest BCUT2D eigenvalue weighted by Gasteiger charge is -2.24. The van der Waals surface area contributed by atoms with E-state index in [9.17, 15) is 0 Å². The molecule has 1 fully saturated rings. The van der Waals surface area contributed by atoms with Crippen molar-refractivity contribution in [1.29, 1.82) is 0 Å². The third kappa shape index (κ3) is 2.36. The van der Waals surface area contributed by atoms with Crippen molar-refractivity contribution in [1.82, 2.24) is 15.3 Å². The Balaban J connectivity index is 1.80. The lowest BCUT2D eigenvalue weighted by molar-refractivity contribution is 0.479. The van der Waals surface area contributed by atoms with E-state index in [4.69, 9.17) is 0 Å². The van der Waals surface area contributed by atoms with Gasteiger partial charge in [0.15, 0.2) is 0 Å². The maximum absolute atomic E-state index is 4.57. The zero-order valence-corrected chi connectivity index (χ0v) is 9.69. The Hall–Kier alpha value is -1.68. The standard InChI is InChI=1S/C13H16N4/c1-2-6-12-11(5-1)15-9-13(17-12)16-10-4-3-7-14-8-10/h1-2,5-6,9-10,14H,3-4,7-8H2,(H,16,17)/t10-/m1/s1. The van der Waals surface area contributed by atoms with Crippen molar-refractivity contribution < 1.29 is 0 Å². The first-order valence-corrected chi connectivity index (χ1v) is 6.11. The van der Waals surface area contributed by atoms with Crippen molar-refractivity contribution in [3.05, 3.63) is 30.5 Å². The Kier molecular flexibility index (Phi) is 2.88. The van der Waals surface area contributed by atoms with E-state index in [2.05, 4.69) is 20.6 Å². The molecule has 0 saturated carbocycles. The van der Waals surface area contributed by atoms with E-state index in [-0.39, 0.29) is 0 Å². The molecule has 17 heavy (non-hydrogen) atoms. The van der Waals surface area contributed by atoms with Gasteiger partial charge in [0, 0.05) is 12.6 Å². The fourth-order valence-electron chi connectivity index (χ4n) is 2.21. The zero-order chi connectivity index (χ0) is 11.5. The Bertz CT molecular complexity index is 506. The van der Waals surface area contributed by atoms with E-state index in [0.29, 0.717) is 6.04 Å². The molecule has 1 aromatic heterocycles. The van der Waals surface area contributed by atoms with Crippen molar-refractivity contribution in [2.24, 2.45) is 0 Å². The molecule has 4 heteroatoms. The van der Waals surface area contributed by atoms with E-state index < -0.39 is 0 Å². The second-order valence-corrected chi connectivity index (χ2v) is 4.43. The summed E-state index contributed by atoms with van der Waals surface area (Å²) >= 11 is 0. The van der Waals surface area contributed by atoms with Crippen molar-refractivity contribution in [2.45, 2.75) is 18.9 Å². The lowest BCUT2D eigenvalue weighted by atomic mass is 10.1. The number of anilines is 1. The molecule has 0 spiro atoms. The van der Waals surface area contributed by atoms with Gasteiger partial charge in [-0.05, 0) is 31.5 Å². The quantitative estimate of drug-likeness (QED) is 0.823. The first kappa shape index (κ1) is 10.5. The molecule has 1 aromatic carbocycles. The number of piperidine rings is 1. The van der Waals surface area contributed by atoms with E-state index in [0.717, 1.165) is 29.9 Å². The minimum absolute atomic E-state index is 0.471. The van der Waals surface area contributed by atoms with Crippen molar-refractivity contribution in [3.8, 4) is 0 Å². The van der Waals surface area contributed by atoms with Gasteiger partial charge < -0.3 is 10.6 Å². The van der Waals surface area contributed by atoms with Gasteiger partial charge in [0.25, 0.3) is 0 Å². The summed E-state index contributed by atoms with van der Waals surface area (Å²) in [5.74, 6) is 0.873. The van der Waals surface area contributed by atoms with Crippen LogP contribution < -0.4 is 10.6 Å². The SMILES string of the molecule is c1ccc2nc(N[C@@H]3CCCNC3)cnc2c1. The summed E-state index contributed by atoms with van der Waals surface area (Å²) in [4.78, 5) is 8.97. The number of nitrogens with one attached hydrogen (secondary N) is 2. The highest BCUT2D eigenvalue weighted by atomic mass is 15.1. The highest BCUT2D eigenvalue weighted by Gasteiger charge is 2.13. The number of para-hydroxylation sites is 2. The first-order chi connectivity index (χ1) is 8.42. The second-order valence-electron chi connectivity index (χ2n) is 4.43. The van der Waals surface area contributed by atoms with E-state index in [1.807, 2.05) is 30.5 Å². The summed E-state index contributed by atoms with van der Waals surface area (Å²) in [6, 6.07) is 8.41. The molecular weight excluding hydrogens is 212 g/mol. The summed E-state index contributed by atoms with van der Waals surface area (Å²) in [5, 5.41) is 6.82. The monoisotopic (exact) mass is 228 g/mol. The maximum atomic E-state index is 4.57. The van der Waals surface area contributed by atoms with Crippen LogP contribution in [0.25, 0.3) is 11.0 Å². The predicted molar refractivity (Wildman–Crippen MR) is 69.1 cm³/mol. The summed E-state index contributed by atoms with van der Waals surface area (Å²) < 4.78 is 0. The maximum Gasteiger partial charge on any atom is 0.145 e. The first-order valence-electron chi connectivity index (χ1n) is 6.11. The molecule has 1 atom stereocenters. The molecule has 0 amide bonds. The predicted octanol–water partition coefficient (Wildman–Crippen LogP) is 1.79. The number of fused-ring (bicyclic) bond motifs is 1. The number of hydrogen-bond acceptors (Lipinski definition) is 4.